The molecule has 0 aliphatic carbocycles. The number of carbonyl (C=O) groups is 1. The van der Waals surface area contributed by atoms with Crippen LogP contribution in [0.25, 0.3) is 0 Å². The number of rotatable bonds is 6. The van der Waals surface area contributed by atoms with Crippen LogP contribution in [0.5, 0.6) is 0 Å². The zero-order valence-corrected chi connectivity index (χ0v) is 14.8. The van der Waals surface area contributed by atoms with E-state index in [0.717, 1.165) is 38.8 Å². The van der Waals surface area contributed by atoms with Crippen LogP contribution in [0.2, 0.25) is 0 Å². The number of halogens is 1. The second-order valence-corrected chi connectivity index (χ2v) is 8.01. The number of hydrogen-bond donors (Lipinski definition) is 2. The molecule has 1 unspecified atom stereocenters. The van der Waals surface area contributed by atoms with Crippen molar-refractivity contribution in [3.8, 4) is 0 Å². The van der Waals surface area contributed by atoms with E-state index >= 15 is 0 Å². The van der Waals surface area contributed by atoms with Crippen molar-refractivity contribution >= 4 is 28.3 Å². The van der Waals surface area contributed by atoms with Crippen molar-refractivity contribution in [1.82, 2.24) is 14.9 Å². The van der Waals surface area contributed by atoms with Crippen molar-refractivity contribution < 1.29 is 13.2 Å². The summed E-state index contributed by atoms with van der Waals surface area (Å²) in [6.45, 7) is 4.28. The molecule has 0 radical (unpaired) electrons. The van der Waals surface area contributed by atoms with Crippen molar-refractivity contribution in [1.29, 1.82) is 0 Å². The predicted molar refractivity (Wildman–Crippen MR) is 89.7 cm³/mol. The number of sulfonamides is 1. The van der Waals surface area contributed by atoms with Gasteiger partial charge in [0.15, 0.2) is 0 Å². The second-order valence-electron chi connectivity index (χ2n) is 5.97. The lowest BCUT2D eigenvalue weighted by molar-refractivity contribution is -0.125. The smallest absolute Gasteiger partial charge is 0.238 e. The molecule has 130 valence electrons. The molecule has 0 spiro atoms. The van der Waals surface area contributed by atoms with Crippen molar-refractivity contribution in [2.45, 2.75) is 57.5 Å². The standard InChI is InChI=1S/C14H27N3O3S.ClH/c1-2-3-11-21(19,20)17-10-4-5-13(17)14(18)16-12-6-8-15-9-7-12;/h12-13,15H,2-11H2,1H3,(H,16,18);1H. The molecule has 8 heteroatoms. The predicted octanol–water partition coefficient (Wildman–Crippen LogP) is 0.871. The highest BCUT2D eigenvalue weighted by molar-refractivity contribution is 7.89. The van der Waals surface area contributed by atoms with Gasteiger partial charge in [0, 0.05) is 12.6 Å². The molecule has 2 rings (SSSR count). The number of amides is 1. The number of hydrogen-bond acceptors (Lipinski definition) is 4. The van der Waals surface area contributed by atoms with Crippen LogP contribution in [0.4, 0.5) is 0 Å². The summed E-state index contributed by atoms with van der Waals surface area (Å²) in [7, 11) is -3.30. The summed E-state index contributed by atoms with van der Waals surface area (Å²) >= 11 is 0. The second kappa shape index (κ2) is 9.05. The number of piperidine rings is 1. The molecule has 2 aliphatic rings. The van der Waals surface area contributed by atoms with Crippen molar-refractivity contribution in [2.75, 3.05) is 25.4 Å². The fraction of sp³-hybridized carbons (Fsp3) is 0.929. The van der Waals surface area contributed by atoms with E-state index in [4.69, 9.17) is 0 Å². The number of carbonyl (C=O) groups excluding carboxylic acids is 1. The number of nitrogens with zero attached hydrogens (tertiary/aromatic N) is 1. The van der Waals surface area contributed by atoms with Gasteiger partial charge < -0.3 is 10.6 Å². The maximum Gasteiger partial charge on any atom is 0.238 e. The molecule has 2 fully saturated rings. The Bertz CT molecular complexity index is 452. The third kappa shape index (κ3) is 5.08. The van der Waals surface area contributed by atoms with Crippen molar-refractivity contribution in [3.63, 3.8) is 0 Å². The van der Waals surface area contributed by atoms with Crippen LogP contribution in [0.1, 0.15) is 45.4 Å². The molecule has 0 aromatic rings. The van der Waals surface area contributed by atoms with Crippen molar-refractivity contribution in [3.05, 3.63) is 0 Å². The Labute approximate surface area is 139 Å². The zero-order chi connectivity index (χ0) is 15.3. The summed E-state index contributed by atoms with van der Waals surface area (Å²) in [4.78, 5) is 12.4. The summed E-state index contributed by atoms with van der Waals surface area (Å²) < 4.78 is 26.1. The Hall–Kier alpha value is -0.370. The SMILES string of the molecule is CCCCS(=O)(=O)N1CCCC1C(=O)NC1CCNCC1.Cl. The van der Waals surface area contributed by atoms with E-state index in [1.807, 2.05) is 6.92 Å². The minimum atomic E-state index is -3.30. The first kappa shape index (κ1) is 19.7. The minimum Gasteiger partial charge on any atom is -0.352 e. The summed E-state index contributed by atoms with van der Waals surface area (Å²) in [6, 6.07) is -0.318. The molecular weight excluding hydrogens is 326 g/mol. The lowest BCUT2D eigenvalue weighted by atomic mass is 10.1. The van der Waals surface area contributed by atoms with Gasteiger partial charge in [0.1, 0.15) is 6.04 Å². The Morgan fingerprint density at radius 1 is 1.27 bits per heavy atom. The molecule has 2 saturated heterocycles. The molecule has 0 bridgehead atoms. The first-order valence-corrected chi connectivity index (χ1v) is 9.66. The first-order chi connectivity index (χ1) is 10.0. The molecule has 0 aromatic carbocycles. The van der Waals surface area contributed by atoms with Gasteiger partial charge in [-0.2, -0.15) is 4.31 Å². The van der Waals surface area contributed by atoms with E-state index in [2.05, 4.69) is 10.6 Å². The van der Waals surface area contributed by atoms with Gasteiger partial charge in [-0.15, -0.1) is 12.4 Å². The van der Waals surface area contributed by atoms with Crippen LogP contribution in [0, 0.1) is 0 Å². The van der Waals surface area contributed by atoms with Gasteiger partial charge in [0.2, 0.25) is 15.9 Å². The summed E-state index contributed by atoms with van der Waals surface area (Å²) in [5, 5.41) is 6.29. The van der Waals surface area contributed by atoms with Gasteiger partial charge in [-0.05, 0) is 45.2 Å². The van der Waals surface area contributed by atoms with Crippen LogP contribution in [0.3, 0.4) is 0 Å². The van der Waals surface area contributed by atoms with Crippen LogP contribution in [-0.2, 0) is 14.8 Å². The lowest BCUT2D eigenvalue weighted by Gasteiger charge is -2.28. The maximum absolute atomic E-state index is 12.4. The van der Waals surface area contributed by atoms with Gasteiger partial charge in [-0.3, -0.25) is 4.79 Å². The molecule has 0 aromatic heterocycles. The van der Waals surface area contributed by atoms with Gasteiger partial charge in [-0.25, -0.2) is 8.42 Å². The van der Waals surface area contributed by atoms with E-state index in [9.17, 15) is 13.2 Å². The Morgan fingerprint density at radius 3 is 2.59 bits per heavy atom. The van der Waals surface area contributed by atoms with Crippen molar-refractivity contribution in [2.24, 2.45) is 0 Å². The fourth-order valence-corrected chi connectivity index (χ4v) is 4.93. The highest BCUT2D eigenvalue weighted by Gasteiger charge is 2.38. The molecule has 2 aliphatic heterocycles. The summed E-state index contributed by atoms with van der Waals surface area (Å²) in [5.41, 5.74) is 0. The molecule has 1 atom stereocenters. The van der Waals surface area contributed by atoms with Gasteiger partial charge in [-0.1, -0.05) is 13.3 Å². The minimum absolute atomic E-state index is 0. The molecule has 2 N–H and O–H groups in total. The zero-order valence-electron chi connectivity index (χ0n) is 13.2. The van der Waals surface area contributed by atoms with E-state index in [-0.39, 0.29) is 30.1 Å². The highest BCUT2D eigenvalue weighted by Crippen LogP contribution is 2.22. The third-order valence-corrected chi connectivity index (χ3v) is 6.26. The topological polar surface area (TPSA) is 78.5 Å². The molecule has 0 saturated carbocycles. The Balaban J connectivity index is 0.00000242. The monoisotopic (exact) mass is 353 g/mol. The summed E-state index contributed by atoms with van der Waals surface area (Å²) in [5.74, 6) is 0.0418. The average Bonchev–Trinajstić information content (AvgIpc) is 2.97. The fourth-order valence-electron chi connectivity index (χ4n) is 3.04. The van der Waals surface area contributed by atoms with Gasteiger partial charge in [0.25, 0.3) is 0 Å². The lowest BCUT2D eigenvalue weighted by Crippen LogP contribution is -2.51. The number of unbranched alkanes of at least 4 members (excludes halogenated alkanes) is 1. The van der Waals surface area contributed by atoms with Gasteiger partial charge in [0.05, 0.1) is 5.75 Å². The molecule has 2 heterocycles. The normalized spacial score (nSPS) is 24.0. The quantitative estimate of drug-likeness (QED) is 0.742. The van der Waals surface area contributed by atoms with Crippen LogP contribution < -0.4 is 10.6 Å². The van der Waals surface area contributed by atoms with E-state index in [1.54, 1.807) is 0 Å². The molecule has 22 heavy (non-hydrogen) atoms. The van der Waals surface area contributed by atoms with E-state index < -0.39 is 16.1 Å². The van der Waals surface area contributed by atoms with Gasteiger partial charge >= 0.3 is 0 Å². The van der Waals surface area contributed by atoms with Crippen LogP contribution in [-0.4, -0.2) is 56.1 Å². The largest absolute Gasteiger partial charge is 0.352 e. The van der Waals surface area contributed by atoms with E-state index in [0.29, 0.717) is 19.4 Å². The molecule has 6 nitrogen and oxygen atoms in total. The van der Waals surface area contributed by atoms with Crippen LogP contribution in [0.15, 0.2) is 0 Å². The third-order valence-electron chi connectivity index (χ3n) is 4.31. The maximum atomic E-state index is 12.4. The summed E-state index contributed by atoms with van der Waals surface area (Å²) in [6.07, 6.45) is 4.75. The highest BCUT2D eigenvalue weighted by atomic mass is 35.5. The molecule has 1 amide bonds. The Kier molecular flexibility index (Phi) is 8.10. The van der Waals surface area contributed by atoms with E-state index in [1.165, 1.54) is 4.31 Å². The average molecular weight is 354 g/mol. The molecular formula is C14H28ClN3O3S. The van der Waals surface area contributed by atoms with Crippen LogP contribution >= 0.6 is 12.4 Å². The first-order valence-electron chi connectivity index (χ1n) is 8.05. The number of nitrogens with one attached hydrogen (secondary N) is 2. The Morgan fingerprint density at radius 2 is 1.95 bits per heavy atom.